The maximum Gasteiger partial charge on any atom is 0.573 e. The van der Waals surface area contributed by atoms with Gasteiger partial charge in [0, 0.05) is 24.4 Å². The molecule has 2 aromatic carbocycles. The van der Waals surface area contributed by atoms with Gasteiger partial charge in [0.2, 0.25) is 11.9 Å². The number of likely N-dealkylation sites (tertiary alicyclic amines) is 1. The van der Waals surface area contributed by atoms with Crippen LogP contribution in [0, 0.1) is 17.7 Å². The van der Waals surface area contributed by atoms with Gasteiger partial charge in [0.25, 0.3) is 5.91 Å². The van der Waals surface area contributed by atoms with E-state index in [9.17, 15) is 31.9 Å². The summed E-state index contributed by atoms with van der Waals surface area (Å²) >= 11 is 0. The lowest BCUT2D eigenvalue weighted by atomic mass is 10.0. The standard InChI is InChI=1S/C33H31F5N6O5/c1-17(2)28(43-32(47)48-3)31(46)44-12-4-5-25(44)29-40-16-24(41-29)19-8-6-18(7-9-19)21-13-22(34)23(14-26(21)49-33(36,37)38)42-30(45)20-10-11-27(35)39-15-20/h6-11,13-17,25,28H,4-5,12H2,1-3H3,(H,40,41)(H,42,45)(H,43,47)/t25-,28-/m0/s1. The normalized spacial score (nSPS) is 15.2. The molecule has 16 heteroatoms. The van der Waals surface area contributed by atoms with E-state index in [0.29, 0.717) is 36.1 Å². The average molecular weight is 687 g/mol. The lowest BCUT2D eigenvalue weighted by molar-refractivity contribution is -0.274. The van der Waals surface area contributed by atoms with Gasteiger partial charge in [0.05, 0.1) is 36.3 Å². The van der Waals surface area contributed by atoms with E-state index in [2.05, 4.69) is 35.1 Å². The highest BCUT2D eigenvalue weighted by Crippen LogP contribution is 2.39. The third-order valence-electron chi connectivity index (χ3n) is 7.88. The molecule has 1 saturated heterocycles. The van der Waals surface area contributed by atoms with Crippen molar-refractivity contribution in [1.82, 2.24) is 25.2 Å². The van der Waals surface area contributed by atoms with Crippen LogP contribution in [-0.2, 0) is 9.53 Å². The van der Waals surface area contributed by atoms with Crippen LogP contribution in [0.4, 0.5) is 32.4 Å². The first-order valence-electron chi connectivity index (χ1n) is 15.1. The zero-order chi connectivity index (χ0) is 35.5. The van der Waals surface area contributed by atoms with E-state index < -0.39 is 47.6 Å². The fourth-order valence-corrected chi connectivity index (χ4v) is 5.46. The summed E-state index contributed by atoms with van der Waals surface area (Å²) in [5.74, 6) is -3.57. The van der Waals surface area contributed by atoms with Gasteiger partial charge in [-0.2, -0.15) is 4.39 Å². The highest BCUT2D eigenvalue weighted by atomic mass is 19.4. The number of rotatable bonds is 9. The second-order valence-electron chi connectivity index (χ2n) is 11.5. The number of alkyl halides is 3. The molecule has 3 heterocycles. The Bertz CT molecular complexity index is 1830. The van der Waals surface area contributed by atoms with Gasteiger partial charge in [-0.25, -0.2) is 19.2 Å². The van der Waals surface area contributed by atoms with E-state index in [1.54, 1.807) is 23.2 Å². The zero-order valence-electron chi connectivity index (χ0n) is 26.4. The Morgan fingerprint density at radius 2 is 1.71 bits per heavy atom. The highest BCUT2D eigenvalue weighted by molar-refractivity contribution is 6.04. The number of carbonyl (C=O) groups excluding carboxylic acids is 3. The number of halogens is 5. The quantitative estimate of drug-likeness (QED) is 0.133. The van der Waals surface area contributed by atoms with Gasteiger partial charge in [-0.1, -0.05) is 38.1 Å². The first-order valence-corrected chi connectivity index (χ1v) is 15.1. The number of alkyl carbamates (subject to hydrolysis) is 1. The van der Waals surface area contributed by atoms with Gasteiger partial charge in [0.15, 0.2) is 0 Å². The van der Waals surface area contributed by atoms with Gasteiger partial charge in [-0.15, -0.1) is 13.2 Å². The van der Waals surface area contributed by atoms with Gasteiger partial charge >= 0.3 is 12.5 Å². The number of anilines is 1. The third-order valence-corrected chi connectivity index (χ3v) is 7.88. The molecule has 3 amide bonds. The molecule has 1 aliphatic rings. The predicted molar refractivity (Wildman–Crippen MR) is 166 cm³/mol. The molecule has 1 fully saturated rings. The van der Waals surface area contributed by atoms with Crippen LogP contribution < -0.4 is 15.4 Å². The Morgan fingerprint density at radius 3 is 2.35 bits per heavy atom. The van der Waals surface area contributed by atoms with Crippen molar-refractivity contribution in [2.24, 2.45) is 5.92 Å². The van der Waals surface area contributed by atoms with Crippen molar-refractivity contribution in [3.05, 3.63) is 84.1 Å². The largest absolute Gasteiger partial charge is 0.573 e. The topological polar surface area (TPSA) is 139 Å². The third kappa shape index (κ3) is 8.13. The number of imidazole rings is 1. The van der Waals surface area contributed by atoms with E-state index in [4.69, 9.17) is 0 Å². The summed E-state index contributed by atoms with van der Waals surface area (Å²) in [5.41, 5.74) is 0.338. The van der Waals surface area contributed by atoms with Crippen molar-refractivity contribution >= 4 is 23.6 Å². The molecular weight excluding hydrogens is 655 g/mol. The van der Waals surface area contributed by atoms with Gasteiger partial charge < -0.3 is 30.0 Å². The number of aromatic amines is 1. The number of aromatic nitrogens is 3. The average Bonchev–Trinajstić information content (AvgIpc) is 3.75. The van der Waals surface area contributed by atoms with Crippen molar-refractivity contribution in [3.63, 3.8) is 0 Å². The molecule has 2 atom stereocenters. The Morgan fingerprint density at radius 1 is 1.00 bits per heavy atom. The summed E-state index contributed by atoms with van der Waals surface area (Å²) in [6, 6.07) is 8.42. The zero-order valence-corrected chi connectivity index (χ0v) is 26.4. The Kier molecular flexibility index (Phi) is 10.1. The minimum absolute atomic E-state index is 0.150. The number of nitrogens with zero attached hydrogens (tertiary/aromatic N) is 3. The SMILES string of the molecule is COC(=O)N[C@H](C(=O)N1CCC[C@H]1c1ncc(-c2ccc(-c3cc(F)c(NC(=O)c4ccc(F)nc4)cc3OC(F)(F)F)cc2)[nH]1)C(C)C. The smallest absolute Gasteiger partial charge is 0.453 e. The lowest BCUT2D eigenvalue weighted by Gasteiger charge is -2.30. The summed E-state index contributed by atoms with van der Waals surface area (Å²) < 4.78 is 77.3. The van der Waals surface area contributed by atoms with Crippen LogP contribution in [0.2, 0.25) is 0 Å². The minimum atomic E-state index is -5.14. The number of carbonyl (C=O) groups is 3. The second kappa shape index (κ2) is 14.3. The molecule has 5 rings (SSSR count). The number of nitrogens with one attached hydrogen (secondary N) is 3. The molecule has 1 aliphatic heterocycles. The van der Waals surface area contributed by atoms with Crippen LogP contribution in [0.25, 0.3) is 22.4 Å². The van der Waals surface area contributed by atoms with Crippen molar-refractivity contribution in [2.75, 3.05) is 19.0 Å². The second-order valence-corrected chi connectivity index (χ2v) is 11.5. The van der Waals surface area contributed by atoms with Crippen LogP contribution >= 0.6 is 0 Å². The number of methoxy groups -OCH3 is 1. The lowest BCUT2D eigenvalue weighted by Crippen LogP contribution is -2.51. The summed E-state index contributed by atoms with van der Waals surface area (Å²) in [7, 11) is 1.22. The molecular formula is C33H31F5N6O5. The molecule has 4 aromatic rings. The van der Waals surface area contributed by atoms with Gasteiger partial charge in [-0.3, -0.25) is 9.59 Å². The molecule has 11 nitrogen and oxygen atoms in total. The van der Waals surface area contributed by atoms with Crippen LogP contribution in [0.3, 0.4) is 0 Å². The van der Waals surface area contributed by atoms with E-state index in [-0.39, 0.29) is 34.6 Å². The molecule has 3 N–H and O–H groups in total. The summed E-state index contributed by atoms with van der Waals surface area (Å²) in [6.07, 6.45) is -2.05. The molecule has 49 heavy (non-hydrogen) atoms. The number of hydrogen-bond donors (Lipinski definition) is 3. The molecule has 258 valence electrons. The Hall–Kier alpha value is -5.54. The van der Waals surface area contributed by atoms with Crippen molar-refractivity contribution in [2.45, 2.75) is 45.1 Å². The van der Waals surface area contributed by atoms with Crippen LogP contribution in [0.5, 0.6) is 5.75 Å². The van der Waals surface area contributed by atoms with E-state index in [1.807, 2.05) is 13.8 Å². The number of amides is 3. The fourth-order valence-electron chi connectivity index (χ4n) is 5.46. The minimum Gasteiger partial charge on any atom is -0.453 e. The number of pyridine rings is 1. The van der Waals surface area contributed by atoms with Crippen molar-refractivity contribution in [3.8, 4) is 28.1 Å². The van der Waals surface area contributed by atoms with Crippen LogP contribution in [0.15, 0.2) is 60.9 Å². The van der Waals surface area contributed by atoms with Crippen molar-refractivity contribution < 1.29 is 45.8 Å². The van der Waals surface area contributed by atoms with E-state index in [1.165, 1.54) is 19.2 Å². The Balaban J connectivity index is 1.37. The maximum atomic E-state index is 15.2. The number of ether oxygens (including phenoxy) is 2. The van der Waals surface area contributed by atoms with Gasteiger partial charge in [0.1, 0.15) is 23.4 Å². The molecule has 0 saturated carbocycles. The summed E-state index contributed by atoms with van der Waals surface area (Å²) in [5, 5.41) is 4.75. The molecule has 0 aliphatic carbocycles. The monoisotopic (exact) mass is 686 g/mol. The first-order chi connectivity index (χ1) is 23.2. The fraction of sp³-hybridized carbons (Fsp3) is 0.303. The predicted octanol–water partition coefficient (Wildman–Crippen LogP) is 6.61. The Labute approximate surface area is 276 Å². The first kappa shape index (κ1) is 34.8. The molecule has 0 unspecified atom stereocenters. The van der Waals surface area contributed by atoms with E-state index in [0.717, 1.165) is 30.8 Å². The molecule has 2 aromatic heterocycles. The number of H-pyrrole nitrogens is 1. The van der Waals surface area contributed by atoms with Crippen molar-refractivity contribution in [1.29, 1.82) is 0 Å². The molecule has 0 radical (unpaired) electrons. The molecule has 0 bridgehead atoms. The maximum absolute atomic E-state index is 15.2. The van der Waals surface area contributed by atoms with Crippen LogP contribution in [0.1, 0.15) is 48.9 Å². The number of hydrogen-bond acceptors (Lipinski definition) is 7. The van der Waals surface area contributed by atoms with Crippen LogP contribution in [-0.4, -0.2) is 63.8 Å². The van der Waals surface area contributed by atoms with E-state index >= 15 is 4.39 Å². The number of benzene rings is 2. The summed E-state index contributed by atoms with van der Waals surface area (Å²) in [4.78, 5) is 50.5. The molecule has 0 spiro atoms. The highest BCUT2D eigenvalue weighted by Gasteiger charge is 2.37. The van der Waals surface area contributed by atoms with Gasteiger partial charge in [-0.05, 0) is 48.1 Å². The summed E-state index contributed by atoms with van der Waals surface area (Å²) in [6.45, 7) is 4.08.